The highest BCUT2D eigenvalue weighted by molar-refractivity contribution is 5.95. The molecule has 148 valence electrons. The molecule has 3 nitrogen and oxygen atoms in total. The minimum Gasteiger partial charge on any atom is -0.243 e. The molecule has 1 heterocycles. The lowest BCUT2D eigenvalue weighted by Crippen LogP contribution is -2.04. The number of aromatic nitrogens is 2. The van der Waals surface area contributed by atoms with Gasteiger partial charge in [-0.2, -0.15) is 26.3 Å². The third-order valence-electron chi connectivity index (χ3n) is 4.43. The number of hydrogen-bond acceptors (Lipinski definition) is 3. The van der Waals surface area contributed by atoms with Crippen molar-refractivity contribution >= 4 is 11.0 Å². The van der Waals surface area contributed by atoms with Crippen LogP contribution in [0.3, 0.4) is 0 Å². The first-order valence-electron chi connectivity index (χ1n) is 8.24. The van der Waals surface area contributed by atoms with Crippen molar-refractivity contribution in [3.05, 3.63) is 71.8 Å². The number of halogens is 6. The first kappa shape index (κ1) is 19.0. The van der Waals surface area contributed by atoms with Crippen LogP contribution in [0.5, 0.6) is 0 Å². The topological polar surface area (TPSA) is 38.9 Å². The molecule has 9 heteroatoms. The molecule has 4 aromatic rings. The summed E-state index contributed by atoms with van der Waals surface area (Å²) in [6.45, 7) is 0. The molecule has 0 aliphatic carbocycles. The molecule has 0 unspecified atom stereocenters. The van der Waals surface area contributed by atoms with Gasteiger partial charge in [-0.3, -0.25) is 0 Å². The second kappa shape index (κ2) is 6.61. The monoisotopic (exact) mass is 408 g/mol. The van der Waals surface area contributed by atoms with Crippen molar-refractivity contribution < 1.29 is 31.0 Å². The lowest BCUT2D eigenvalue weighted by Gasteiger charge is -2.10. The number of nitrogens with zero attached hydrogens (tertiary/aromatic N) is 2. The van der Waals surface area contributed by atoms with Crippen molar-refractivity contribution in [1.82, 2.24) is 10.3 Å². The Morgan fingerprint density at radius 1 is 0.586 bits per heavy atom. The molecule has 0 fully saturated rings. The third-order valence-corrected chi connectivity index (χ3v) is 4.43. The lowest BCUT2D eigenvalue weighted by atomic mass is 9.96. The summed E-state index contributed by atoms with van der Waals surface area (Å²) in [7, 11) is 0. The predicted octanol–water partition coefficient (Wildman–Crippen LogP) is 6.59. The minimum atomic E-state index is -4.47. The fourth-order valence-corrected chi connectivity index (χ4v) is 2.97. The minimum absolute atomic E-state index is 0.331. The van der Waals surface area contributed by atoms with Crippen molar-refractivity contribution in [3.8, 4) is 22.3 Å². The maximum atomic E-state index is 12.8. The highest BCUT2D eigenvalue weighted by Crippen LogP contribution is 2.36. The van der Waals surface area contributed by atoms with E-state index < -0.39 is 23.5 Å². The molecule has 0 amide bonds. The van der Waals surface area contributed by atoms with Crippen molar-refractivity contribution in [3.63, 3.8) is 0 Å². The third kappa shape index (κ3) is 3.67. The highest BCUT2D eigenvalue weighted by Gasteiger charge is 2.31. The Bertz CT molecular complexity index is 1160. The van der Waals surface area contributed by atoms with Crippen LogP contribution in [-0.2, 0) is 12.4 Å². The molecular weight excluding hydrogens is 398 g/mol. The van der Waals surface area contributed by atoms with Gasteiger partial charge in [-0.25, -0.2) is 4.63 Å². The van der Waals surface area contributed by atoms with Gasteiger partial charge < -0.3 is 0 Å². The molecule has 29 heavy (non-hydrogen) atoms. The number of rotatable bonds is 2. The zero-order valence-corrected chi connectivity index (χ0v) is 14.3. The molecule has 0 N–H and O–H groups in total. The van der Waals surface area contributed by atoms with Crippen LogP contribution in [0, 0.1) is 0 Å². The summed E-state index contributed by atoms with van der Waals surface area (Å²) < 4.78 is 81.5. The van der Waals surface area contributed by atoms with Crippen molar-refractivity contribution in [1.29, 1.82) is 0 Å². The van der Waals surface area contributed by atoms with Crippen molar-refractivity contribution in [2.75, 3.05) is 0 Å². The average molecular weight is 408 g/mol. The second-order valence-electron chi connectivity index (χ2n) is 6.31. The molecule has 0 aliphatic rings. The van der Waals surface area contributed by atoms with Gasteiger partial charge in [0.25, 0.3) is 0 Å². The lowest BCUT2D eigenvalue weighted by molar-refractivity contribution is -0.138. The van der Waals surface area contributed by atoms with Gasteiger partial charge in [0.15, 0.2) is 0 Å². The van der Waals surface area contributed by atoms with Crippen LogP contribution in [0.1, 0.15) is 11.1 Å². The van der Waals surface area contributed by atoms with E-state index >= 15 is 0 Å². The fraction of sp³-hybridized carbons (Fsp3) is 0.100. The summed E-state index contributed by atoms with van der Waals surface area (Å²) in [4.78, 5) is 0. The van der Waals surface area contributed by atoms with E-state index in [2.05, 4.69) is 10.3 Å². The number of alkyl halides is 6. The molecule has 0 bridgehead atoms. The Balaban J connectivity index is 1.81. The van der Waals surface area contributed by atoms with Gasteiger partial charge in [0, 0.05) is 5.56 Å². The van der Waals surface area contributed by atoms with Crippen LogP contribution in [0.2, 0.25) is 0 Å². The molecule has 4 rings (SSSR count). The molecule has 3 aromatic carbocycles. The van der Waals surface area contributed by atoms with E-state index in [0.29, 0.717) is 33.3 Å². The predicted molar refractivity (Wildman–Crippen MR) is 92.7 cm³/mol. The SMILES string of the molecule is FC(F)(F)c1ccc(-c2cc(-c3ccc(C(F)(F)F)cc3)c3nonc3c2)cc1. The first-order valence-corrected chi connectivity index (χ1v) is 8.24. The summed E-state index contributed by atoms with van der Waals surface area (Å²) in [6.07, 6.45) is -8.92. The number of fused-ring (bicyclic) bond motifs is 1. The molecule has 0 saturated carbocycles. The van der Waals surface area contributed by atoms with Crippen LogP contribution in [-0.4, -0.2) is 10.3 Å². The Labute approximate surface area is 159 Å². The van der Waals surface area contributed by atoms with Crippen molar-refractivity contribution in [2.45, 2.75) is 12.4 Å². The van der Waals surface area contributed by atoms with E-state index in [9.17, 15) is 26.3 Å². The van der Waals surface area contributed by atoms with Gasteiger partial charge in [-0.15, -0.1) is 0 Å². The molecule has 1 aromatic heterocycles. The number of hydrogen-bond donors (Lipinski definition) is 0. The maximum Gasteiger partial charge on any atom is 0.416 e. The second-order valence-corrected chi connectivity index (χ2v) is 6.31. The van der Waals surface area contributed by atoms with E-state index in [1.165, 1.54) is 24.3 Å². The largest absolute Gasteiger partial charge is 0.416 e. The summed E-state index contributed by atoms with van der Waals surface area (Å²) in [5, 5.41) is 7.55. The first-order chi connectivity index (χ1) is 13.6. The molecule has 0 aliphatic heterocycles. The Morgan fingerprint density at radius 3 is 1.62 bits per heavy atom. The summed E-state index contributed by atoms with van der Waals surface area (Å²) in [5.41, 5.74) is 0.980. The van der Waals surface area contributed by atoms with E-state index in [1.54, 1.807) is 12.1 Å². The standard InChI is InChI=1S/C20H10F6N2O/c21-19(22,23)14-5-1-11(2-6-14)13-9-16(18-17(10-13)27-29-28-18)12-3-7-15(8-4-12)20(24,25)26/h1-10H. The Kier molecular flexibility index (Phi) is 4.33. The summed E-state index contributed by atoms with van der Waals surface area (Å²) >= 11 is 0. The zero-order valence-electron chi connectivity index (χ0n) is 14.3. The number of benzene rings is 3. The van der Waals surface area contributed by atoms with E-state index in [-0.39, 0.29) is 0 Å². The highest BCUT2D eigenvalue weighted by atomic mass is 19.4. The summed E-state index contributed by atoms with van der Waals surface area (Å²) in [6, 6.07) is 12.2. The quantitative estimate of drug-likeness (QED) is 0.351. The fourth-order valence-electron chi connectivity index (χ4n) is 2.97. The maximum absolute atomic E-state index is 12.8. The molecule has 0 spiro atoms. The smallest absolute Gasteiger partial charge is 0.243 e. The van der Waals surface area contributed by atoms with E-state index in [4.69, 9.17) is 4.63 Å². The van der Waals surface area contributed by atoms with Gasteiger partial charge in [0.05, 0.1) is 11.1 Å². The average Bonchev–Trinajstić information content (AvgIpc) is 3.15. The van der Waals surface area contributed by atoms with Gasteiger partial charge in [0.2, 0.25) is 0 Å². The molecular formula is C20H10F6N2O. The molecule has 0 radical (unpaired) electrons. The van der Waals surface area contributed by atoms with Gasteiger partial charge >= 0.3 is 12.4 Å². The Morgan fingerprint density at radius 2 is 1.10 bits per heavy atom. The van der Waals surface area contributed by atoms with Gasteiger partial charge in [0.1, 0.15) is 11.0 Å². The summed E-state index contributed by atoms with van der Waals surface area (Å²) in [5.74, 6) is 0. The Hall–Kier alpha value is -3.36. The van der Waals surface area contributed by atoms with Gasteiger partial charge in [-0.05, 0) is 63.4 Å². The van der Waals surface area contributed by atoms with Crippen LogP contribution >= 0.6 is 0 Å². The van der Waals surface area contributed by atoms with Crippen LogP contribution in [0.25, 0.3) is 33.3 Å². The van der Waals surface area contributed by atoms with Crippen LogP contribution in [0.15, 0.2) is 65.3 Å². The van der Waals surface area contributed by atoms with E-state index in [0.717, 1.165) is 24.3 Å². The molecule has 0 saturated heterocycles. The normalized spacial score (nSPS) is 12.5. The molecule has 0 atom stereocenters. The van der Waals surface area contributed by atoms with Crippen LogP contribution < -0.4 is 0 Å². The van der Waals surface area contributed by atoms with Crippen LogP contribution in [0.4, 0.5) is 26.3 Å². The van der Waals surface area contributed by atoms with E-state index in [1.807, 2.05) is 0 Å². The van der Waals surface area contributed by atoms with Gasteiger partial charge in [-0.1, -0.05) is 24.3 Å². The zero-order chi connectivity index (χ0) is 20.8. The van der Waals surface area contributed by atoms with Crippen molar-refractivity contribution in [2.24, 2.45) is 0 Å².